The van der Waals surface area contributed by atoms with Gasteiger partial charge < -0.3 is 15.6 Å². The largest absolute Gasteiger partial charge is 0.416 e. The molecule has 20 heavy (non-hydrogen) atoms. The Bertz CT molecular complexity index is 648. The first kappa shape index (κ1) is 14.2. The maximum atomic E-state index is 12.6. The molecule has 0 unspecified atom stereocenters. The number of amides is 1. The Morgan fingerprint density at radius 3 is 2.75 bits per heavy atom. The highest BCUT2D eigenvalue weighted by molar-refractivity contribution is 5.80. The minimum atomic E-state index is -4.42. The first-order valence-electron chi connectivity index (χ1n) is 5.86. The number of hydrogen-bond donors (Lipinski definition) is 2. The molecule has 1 aromatic heterocycles. The molecule has 0 spiro atoms. The van der Waals surface area contributed by atoms with Gasteiger partial charge in [0.25, 0.3) is 0 Å². The van der Waals surface area contributed by atoms with Crippen LogP contribution in [0.15, 0.2) is 18.2 Å². The molecular weight excluding hydrogens is 273 g/mol. The van der Waals surface area contributed by atoms with Gasteiger partial charge in [0.05, 0.1) is 16.6 Å². The second kappa shape index (κ2) is 5.03. The third-order valence-electron chi connectivity index (χ3n) is 2.95. The molecule has 0 saturated carbocycles. The van der Waals surface area contributed by atoms with Crippen LogP contribution in [0.25, 0.3) is 11.0 Å². The molecule has 0 bridgehead atoms. The van der Waals surface area contributed by atoms with Crippen LogP contribution >= 0.6 is 0 Å². The number of anilines is 1. The number of rotatable bonds is 3. The zero-order chi connectivity index (χ0) is 14.9. The average molecular weight is 286 g/mol. The van der Waals surface area contributed by atoms with Gasteiger partial charge in [0, 0.05) is 20.0 Å². The second-order valence-corrected chi connectivity index (χ2v) is 4.25. The summed E-state index contributed by atoms with van der Waals surface area (Å²) in [6, 6.07) is 3.23. The van der Waals surface area contributed by atoms with Crippen LogP contribution in [-0.4, -0.2) is 22.5 Å². The van der Waals surface area contributed by atoms with Gasteiger partial charge in [-0.25, -0.2) is 4.98 Å². The van der Waals surface area contributed by atoms with Gasteiger partial charge in [0.1, 0.15) is 0 Å². The van der Waals surface area contributed by atoms with Crippen molar-refractivity contribution in [2.24, 2.45) is 0 Å². The molecule has 1 heterocycles. The van der Waals surface area contributed by atoms with Crippen molar-refractivity contribution >= 4 is 22.9 Å². The number of aryl methyl sites for hydroxylation is 1. The molecule has 108 valence electrons. The zero-order valence-corrected chi connectivity index (χ0v) is 10.7. The number of hydrogen-bond acceptors (Lipinski definition) is 3. The molecule has 0 saturated heterocycles. The predicted molar refractivity (Wildman–Crippen MR) is 67.8 cm³/mol. The van der Waals surface area contributed by atoms with Gasteiger partial charge in [-0.15, -0.1) is 0 Å². The maximum Gasteiger partial charge on any atom is 0.416 e. The van der Waals surface area contributed by atoms with Gasteiger partial charge in [-0.1, -0.05) is 0 Å². The molecule has 2 rings (SSSR count). The van der Waals surface area contributed by atoms with E-state index in [1.165, 1.54) is 17.7 Å². The van der Waals surface area contributed by atoms with Crippen molar-refractivity contribution in [1.82, 2.24) is 14.9 Å². The highest BCUT2D eigenvalue weighted by Gasteiger charge is 2.31. The van der Waals surface area contributed by atoms with Crippen LogP contribution in [0, 0.1) is 0 Å². The number of nitrogen functional groups attached to an aromatic ring is 1. The third-order valence-corrected chi connectivity index (χ3v) is 2.95. The van der Waals surface area contributed by atoms with Crippen molar-refractivity contribution in [3.05, 3.63) is 23.8 Å². The lowest BCUT2D eigenvalue weighted by molar-refractivity contribution is -0.137. The number of carbonyl (C=O) groups is 1. The summed E-state index contributed by atoms with van der Waals surface area (Å²) >= 11 is 0. The van der Waals surface area contributed by atoms with E-state index in [1.807, 2.05) is 0 Å². The lowest BCUT2D eigenvalue weighted by Gasteiger charge is -2.07. The number of nitrogens with one attached hydrogen (secondary N) is 1. The quantitative estimate of drug-likeness (QED) is 0.903. The molecule has 3 N–H and O–H groups in total. The molecule has 0 aliphatic rings. The Balaban J connectivity index is 2.37. The second-order valence-electron chi connectivity index (χ2n) is 4.25. The molecule has 0 aliphatic heterocycles. The van der Waals surface area contributed by atoms with E-state index in [0.717, 1.165) is 12.1 Å². The van der Waals surface area contributed by atoms with Crippen molar-refractivity contribution in [2.75, 3.05) is 12.8 Å². The summed E-state index contributed by atoms with van der Waals surface area (Å²) in [6.45, 7) is 0.257. The molecule has 2 aromatic rings. The smallest absolute Gasteiger partial charge is 0.369 e. The number of carbonyl (C=O) groups excluding carboxylic acids is 1. The number of halogens is 3. The van der Waals surface area contributed by atoms with E-state index in [2.05, 4.69) is 10.3 Å². The number of alkyl halides is 3. The lowest BCUT2D eigenvalue weighted by atomic mass is 10.2. The monoisotopic (exact) mass is 286 g/mol. The molecule has 5 nitrogen and oxygen atoms in total. The van der Waals surface area contributed by atoms with Crippen molar-refractivity contribution in [2.45, 2.75) is 19.1 Å². The molecule has 0 aliphatic carbocycles. The number of imidazole rings is 1. The number of benzene rings is 1. The predicted octanol–water partition coefficient (Wildman–Crippen LogP) is 1.77. The van der Waals surface area contributed by atoms with Gasteiger partial charge >= 0.3 is 6.18 Å². The van der Waals surface area contributed by atoms with E-state index in [1.54, 1.807) is 0 Å². The van der Waals surface area contributed by atoms with E-state index in [9.17, 15) is 18.0 Å². The van der Waals surface area contributed by atoms with E-state index in [0.29, 0.717) is 5.52 Å². The Hall–Kier alpha value is -2.25. The minimum absolute atomic E-state index is 0.0863. The molecule has 8 heteroatoms. The molecule has 1 amide bonds. The standard InChI is InChI=1S/C12H13F3N4O/c1-17-10(20)4-5-19-9-3-2-7(12(13,14)15)6-8(9)18-11(19)16/h2-3,6H,4-5H2,1H3,(H2,16,18)(H,17,20). The topological polar surface area (TPSA) is 72.9 Å². The molecule has 0 atom stereocenters. The van der Waals surface area contributed by atoms with Crippen LogP contribution in [0.5, 0.6) is 0 Å². The minimum Gasteiger partial charge on any atom is -0.369 e. The Morgan fingerprint density at radius 2 is 2.15 bits per heavy atom. The Labute approximate surface area is 112 Å². The van der Waals surface area contributed by atoms with E-state index in [-0.39, 0.29) is 30.3 Å². The first-order valence-corrected chi connectivity index (χ1v) is 5.86. The van der Waals surface area contributed by atoms with E-state index < -0.39 is 11.7 Å². The van der Waals surface area contributed by atoms with Crippen LogP contribution < -0.4 is 11.1 Å². The average Bonchev–Trinajstić information content (AvgIpc) is 2.69. The molecule has 1 aromatic carbocycles. The summed E-state index contributed by atoms with van der Waals surface area (Å²) in [5, 5.41) is 2.46. The van der Waals surface area contributed by atoms with Crippen LogP contribution in [-0.2, 0) is 17.5 Å². The van der Waals surface area contributed by atoms with Gasteiger partial charge in [0.2, 0.25) is 11.9 Å². The van der Waals surface area contributed by atoms with Crippen molar-refractivity contribution in [3.63, 3.8) is 0 Å². The van der Waals surface area contributed by atoms with Crippen LogP contribution in [0.2, 0.25) is 0 Å². The fraction of sp³-hybridized carbons (Fsp3) is 0.333. The molecular formula is C12H13F3N4O. The highest BCUT2D eigenvalue weighted by Crippen LogP contribution is 2.31. The van der Waals surface area contributed by atoms with Gasteiger partial charge in [-0.05, 0) is 18.2 Å². The Kier molecular flexibility index (Phi) is 3.56. The Morgan fingerprint density at radius 1 is 1.45 bits per heavy atom. The third kappa shape index (κ3) is 2.68. The van der Waals surface area contributed by atoms with Gasteiger partial charge in [0.15, 0.2) is 0 Å². The normalized spacial score (nSPS) is 11.8. The van der Waals surface area contributed by atoms with E-state index in [4.69, 9.17) is 5.73 Å². The van der Waals surface area contributed by atoms with E-state index >= 15 is 0 Å². The SMILES string of the molecule is CNC(=O)CCn1c(N)nc2cc(C(F)(F)F)ccc21. The summed E-state index contributed by atoms with van der Waals surface area (Å²) in [5.74, 6) is -0.0959. The number of aromatic nitrogens is 2. The van der Waals surface area contributed by atoms with Crippen LogP contribution in [0.1, 0.15) is 12.0 Å². The molecule has 0 fully saturated rings. The fourth-order valence-corrected chi connectivity index (χ4v) is 1.90. The fourth-order valence-electron chi connectivity index (χ4n) is 1.90. The maximum absolute atomic E-state index is 12.6. The van der Waals surface area contributed by atoms with Crippen molar-refractivity contribution in [1.29, 1.82) is 0 Å². The summed E-state index contributed by atoms with van der Waals surface area (Å²) in [6.07, 6.45) is -4.25. The summed E-state index contributed by atoms with van der Waals surface area (Å²) in [5.41, 5.74) is 5.54. The number of nitrogens with zero attached hydrogens (tertiary/aromatic N) is 2. The van der Waals surface area contributed by atoms with Gasteiger partial charge in [-0.2, -0.15) is 13.2 Å². The van der Waals surface area contributed by atoms with Crippen molar-refractivity contribution < 1.29 is 18.0 Å². The first-order chi connectivity index (χ1) is 9.32. The summed E-state index contributed by atoms with van der Waals surface area (Å²) in [7, 11) is 1.51. The summed E-state index contributed by atoms with van der Waals surface area (Å²) in [4.78, 5) is 15.1. The molecule has 0 radical (unpaired) electrons. The number of fused-ring (bicyclic) bond motifs is 1. The number of nitrogens with two attached hydrogens (primary N) is 1. The van der Waals surface area contributed by atoms with Crippen LogP contribution in [0.4, 0.5) is 19.1 Å². The lowest BCUT2D eigenvalue weighted by Crippen LogP contribution is -2.19. The van der Waals surface area contributed by atoms with Gasteiger partial charge in [-0.3, -0.25) is 4.79 Å². The van der Waals surface area contributed by atoms with Crippen molar-refractivity contribution in [3.8, 4) is 0 Å². The highest BCUT2D eigenvalue weighted by atomic mass is 19.4. The summed E-state index contributed by atoms with van der Waals surface area (Å²) < 4.78 is 39.3. The zero-order valence-electron chi connectivity index (χ0n) is 10.7. The van der Waals surface area contributed by atoms with Crippen LogP contribution in [0.3, 0.4) is 0 Å².